The summed E-state index contributed by atoms with van der Waals surface area (Å²) >= 11 is 6.35. The van der Waals surface area contributed by atoms with Gasteiger partial charge in [0.2, 0.25) is 5.60 Å². The molecule has 1 saturated heterocycles. The Morgan fingerprint density at radius 3 is 2.33 bits per heavy atom. The lowest BCUT2D eigenvalue weighted by atomic mass is 9.66. The second kappa shape index (κ2) is 11.8. The van der Waals surface area contributed by atoms with Crippen LogP contribution in [0.25, 0.3) is 0 Å². The van der Waals surface area contributed by atoms with Crippen LogP contribution in [-0.4, -0.2) is 78.7 Å². The van der Waals surface area contributed by atoms with Gasteiger partial charge in [-0.1, -0.05) is 23.7 Å². The summed E-state index contributed by atoms with van der Waals surface area (Å²) in [6.07, 6.45) is -2.41. The number of halogens is 4. The van der Waals surface area contributed by atoms with Crippen molar-refractivity contribution >= 4 is 23.2 Å². The smallest absolute Gasteiger partial charge is 0.425 e. The second-order valence-electron chi connectivity index (χ2n) is 11.2. The maximum absolute atomic E-state index is 14.2. The van der Waals surface area contributed by atoms with Crippen LogP contribution in [0.15, 0.2) is 42.5 Å². The minimum atomic E-state index is -5.10. The van der Waals surface area contributed by atoms with E-state index < -0.39 is 23.6 Å². The first-order chi connectivity index (χ1) is 18.8. The summed E-state index contributed by atoms with van der Waals surface area (Å²) < 4.78 is 47.7. The molecule has 11 heteroatoms. The minimum Gasteiger partial charge on any atom is -0.497 e. The largest absolute Gasteiger partial charge is 0.497 e. The van der Waals surface area contributed by atoms with E-state index in [1.54, 1.807) is 26.2 Å². The number of nitrogens with one attached hydrogen (secondary N) is 1. The molecular formula is C29H37ClF3N3O4. The van der Waals surface area contributed by atoms with Gasteiger partial charge in [-0.2, -0.15) is 13.2 Å². The molecule has 1 spiro atoms. The van der Waals surface area contributed by atoms with Crippen LogP contribution in [-0.2, 0) is 5.60 Å². The van der Waals surface area contributed by atoms with Gasteiger partial charge in [0.05, 0.1) is 17.7 Å². The average molecular weight is 584 g/mol. The molecule has 2 aromatic rings. The van der Waals surface area contributed by atoms with Gasteiger partial charge in [-0.15, -0.1) is 0 Å². The van der Waals surface area contributed by atoms with E-state index in [0.29, 0.717) is 23.4 Å². The first-order valence-corrected chi connectivity index (χ1v) is 13.8. The van der Waals surface area contributed by atoms with Crippen molar-refractivity contribution in [2.24, 2.45) is 5.41 Å². The Balaban J connectivity index is 1.37. The number of benzene rings is 2. The third-order valence-electron chi connectivity index (χ3n) is 8.54. The molecule has 1 aliphatic carbocycles. The number of alkyl halides is 3. The monoisotopic (exact) mass is 583 g/mol. The second-order valence-corrected chi connectivity index (χ2v) is 11.6. The van der Waals surface area contributed by atoms with Gasteiger partial charge < -0.3 is 25.2 Å². The van der Waals surface area contributed by atoms with Crippen LogP contribution in [0.4, 0.5) is 18.9 Å². The summed E-state index contributed by atoms with van der Waals surface area (Å²) in [5.74, 6) is 0.000366. The van der Waals surface area contributed by atoms with E-state index in [2.05, 4.69) is 5.32 Å². The van der Waals surface area contributed by atoms with Crippen molar-refractivity contribution < 1.29 is 32.9 Å². The number of hydrogen-bond donors (Lipinski definition) is 3. The zero-order chi connectivity index (χ0) is 29.3. The van der Waals surface area contributed by atoms with Gasteiger partial charge >= 0.3 is 6.18 Å². The molecule has 3 N–H and O–H groups in total. The molecular weight excluding hydrogens is 547 g/mol. The highest BCUT2D eigenvalue weighted by molar-refractivity contribution is 6.34. The van der Waals surface area contributed by atoms with Crippen molar-refractivity contribution in [1.82, 2.24) is 9.80 Å². The molecule has 7 nitrogen and oxygen atoms in total. The highest BCUT2D eigenvalue weighted by Crippen LogP contribution is 2.48. The Labute approximate surface area is 237 Å². The third-order valence-corrected chi connectivity index (χ3v) is 8.86. The number of amides is 1. The summed E-state index contributed by atoms with van der Waals surface area (Å²) in [4.78, 5) is 15.0. The zero-order valence-electron chi connectivity index (χ0n) is 23.0. The van der Waals surface area contributed by atoms with E-state index in [1.807, 2.05) is 6.07 Å². The minimum absolute atomic E-state index is 0.0135. The molecule has 1 saturated carbocycles. The number of nitrogens with zero attached hydrogens (tertiary/aromatic N) is 2. The van der Waals surface area contributed by atoms with Crippen LogP contribution in [0.2, 0.25) is 5.02 Å². The third kappa shape index (κ3) is 6.05. The predicted molar refractivity (Wildman–Crippen MR) is 148 cm³/mol. The lowest BCUT2D eigenvalue weighted by Gasteiger charge is -2.49. The van der Waals surface area contributed by atoms with Crippen LogP contribution in [0.3, 0.4) is 0 Å². The molecule has 1 unspecified atom stereocenters. The number of methoxy groups -OCH3 is 1. The molecule has 220 valence electrons. The van der Waals surface area contributed by atoms with Gasteiger partial charge in [0.15, 0.2) is 0 Å². The van der Waals surface area contributed by atoms with Crippen LogP contribution in [0.5, 0.6) is 5.75 Å². The molecule has 2 aromatic carbocycles. The summed E-state index contributed by atoms with van der Waals surface area (Å²) in [6.45, 7) is 0.497. The Morgan fingerprint density at radius 1 is 1.12 bits per heavy atom. The van der Waals surface area contributed by atoms with Crippen molar-refractivity contribution in [3.8, 4) is 5.75 Å². The first kappa shape index (κ1) is 30.4. The molecule has 2 atom stereocenters. The lowest BCUT2D eigenvalue weighted by molar-refractivity contribution is -0.321. The molecule has 1 heterocycles. The fourth-order valence-corrected chi connectivity index (χ4v) is 6.22. The maximum atomic E-state index is 14.2. The first-order valence-electron chi connectivity index (χ1n) is 13.4. The van der Waals surface area contributed by atoms with E-state index >= 15 is 0 Å². The molecule has 0 aromatic heterocycles. The van der Waals surface area contributed by atoms with Crippen molar-refractivity contribution in [2.45, 2.75) is 62.6 Å². The van der Waals surface area contributed by atoms with Crippen LogP contribution < -0.4 is 10.1 Å². The fraction of sp³-hybridized carbons (Fsp3) is 0.552. The van der Waals surface area contributed by atoms with Crippen LogP contribution in [0.1, 0.15) is 54.4 Å². The van der Waals surface area contributed by atoms with Gasteiger partial charge in [-0.05, 0) is 74.3 Å². The van der Waals surface area contributed by atoms with Crippen molar-refractivity contribution in [3.05, 3.63) is 58.6 Å². The molecule has 40 heavy (non-hydrogen) atoms. The molecule has 4 rings (SSSR count). The van der Waals surface area contributed by atoms with E-state index in [-0.39, 0.29) is 36.2 Å². The van der Waals surface area contributed by atoms with Gasteiger partial charge in [0, 0.05) is 44.5 Å². The topological polar surface area (TPSA) is 85.3 Å². The van der Waals surface area contributed by atoms with Crippen molar-refractivity contribution in [2.75, 3.05) is 39.6 Å². The molecule has 1 amide bonds. The number of ether oxygens (including phenoxy) is 1. The average Bonchev–Trinajstić information content (AvgIpc) is 2.93. The quantitative estimate of drug-likeness (QED) is 0.413. The number of aliphatic hydroxyl groups excluding tert-OH is 1. The molecule has 0 bridgehead atoms. The number of hydrogen-bond acceptors (Lipinski definition) is 6. The van der Waals surface area contributed by atoms with Crippen LogP contribution >= 0.6 is 11.6 Å². The molecule has 0 radical (unpaired) electrons. The Kier molecular flexibility index (Phi) is 8.94. The molecule has 1 aliphatic heterocycles. The van der Waals surface area contributed by atoms with Gasteiger partial charge in [0.25, 0.3) is 5.91 Å². The highest BCUT2D eigenvalue weighted by atomic mass is 35.5. The number of anilines is 1. The summed E-state index contributed by atoms with van der Waals surface area (Å²) in [5.41, 5.74) is -2.65. The number of carbonyl (C=O) groups excluding carboxylic acids is 1. The Bertz CT molecular complexity index is 1190. The number of carbonyl (C=O) groups is 1. The molecule has 2 fully saturated rings. The summed E-state index contributed by atoms with van der Waals surface area (Å²) in [6, 6.07) is 10.6. The maximum Gasteiger partial charge on any atom is 0.425 e. The van der Waals surface area contributed by atoms with Gasteiger partial charge in [-0.3, -0.25) is 9.69 Å². The normalized spacial score (nSPS) is 20.5. The summed E-state index contributed by atoms with van der Waals surface area (Å²) in [5, 5.41) is 25.7. The SMILES string of the molecule is COc1cccc([C@@](O)(C(O)N2CCC3(CCC(Nc4ccc(C(=O)N(C)C)c(Cl)c4)CC3)CC2)C(F)(F)F)c1. The van der Waals surface area contributed by atoms with Crippen molar-refractivity contribution in [3.63, 3.8) is 0 Å². The van der Waals surface area contributed by atoms with E-state index in [9.17, 15) is 28.2 Å². The number of piperidine rings is 1. The number of aliphatic hydroxyl groups is 2. The Morgan fingerprint density at radius 2 is 1.77 bits per heavy atom. The lowest BCUT2D eigenvalue weighted by Crippen LogP contribution is -2.60. The van der Waals surface area contributed by atoms with Crippen molar-refractivity contribution in [1.29, 1.82) is 0 Å². The van der Waals surface area contributed by atoms with Crippen LogP contribution in [0, 0.1) is 5.41 Å². The number of likely N-dealkylation sites (tertiary alicyclic amines) is 1. The molecule has 2 aliphatic rings. The van der Waals surface area contributed by atoms with Gasteiger partial charge in [-0.25, -0.2) is 0 Å². The van der Waals surface area contributed by atoms with E-state index in [0.717, 1.165) is 43.5 Å². The summed E-state index contributed by atoms with van der Waals surface area (Å²) in [7, 11) is 4.67. The van der Waals surface area contributed by atoms with E-state index in [1.165, 1.54) is 29.0 Å². The Hall–Kier alpha value is -2.53. The standard InChI is InChI=1S/C29H37ClF3N3O4/c1-35(2)25(37)23-8-7-21(18-24(23)30)34-20-9-11-27(12-10-20)13-15-36(16-14-27)26(38)28(39,29(31,32)33)19-5-4-6-22(17-19)40-3/h4-8,17-18,20,26,34,38-39H,9-16H2,1-3H3/t26?,28-/m1/s1. The zero-order valence-corrected chi connectivity index (χ0v) is 23.7. The number of rotatable bonds is 7. The predicted octanol–water partition coefficient (Wildman–Crippen LogP) is 5.26. The van der Waals surface area contributed by atoms with E-state index in [4.69, 9.17) is 16.3 Å². The fourth-order valence-electron chi connectivity index (χ4n) is 5.96. The highest BCUT2D eigenvalue weighted by Gasteiger charge is 2.61. The van der Waals surface area contributed by atoms with Gasteiger partial charge in [0.1, 0.15) is 12.0 Å².